The molecule has 0 radical (unpaired) electrons. The van der Waals surface area contributed by atoms with Crippen LogP contribution >= 0.6 is 0 Å². The van der Waals surface area contributed by atoms with Gasteiger partial charge in [0.25, 0.3) is 0 Å². The normalized spacial score (nSPS) is 13.4. The Labute approximate surface area is 91.2 Å². The number of hydrogen-bond acceptors (Lipinski definition) is 4. The molecule has 5 nitrogen and oxygen atoms in total. The Morgan fingerprint density at radius 2 is 2.13 bits per heavy atom. The highest BCUT2D eigenvalue weighted by Crippen LogP contribution is 2.09. The minimum Gasteiger partial charge on any atom is -0.317 e. The van der Waals surface area contributed by atoms with Gasteiger partial charge in [0, 0.05) is 12.5 Å². The van der Waals surface area contributed by atoms with Gasteiger partial charge < -0.3 is 5.32 Å². The van der Waals surface area contributed by atoms with E-state index in [4.69, 9.17) is 0 Å². The monoisotopic (exact) mass is 211 g/mol. The lowest BCUT2D eigenvalue weighted by Gasteiger charge is -2.17. The van der Waals surface area contributed by atoms with Crippen molar-refractivity contribution in [1.82, 2.24) is 25.5 Å². The Hall–Kier alpha value is -0.970. The number of tetrazole rings is 1. The van der Waals surface area contributed by atoms with Gasteiger partial charge in [-0.15, -0.1) is 10.2 Å². The molecule has 0 saturated carbocycles. The molecule has 0 aliphatic carbocycles. The highest BCUT2D eigenvalue weighted by Gasteiger charge is 2.10. The standard InChI is InChI=1S/C10H21N5/c1-8(2)7-9(11-3)5-6-10-12-14-15(4)13-10/h8-9,11H,5-7H2,1-4H3. The summed E-state index contributed by atoms with van der Waals surface area (Å²) in [5, 5.41) is 15.3. The van der Waals surface area contributed by atoms with Crippen molar-refractivity contribution in [1.29, 1.82) is 0 Å². The molecule has 0 aromatic carbocycles. The number of nitrogens with zero attached hydrogens (tertiary/aromatic N) is 4. The lowest BCUT2D eigenvalue weighted by molar-refractivity contribution is 0.419. The molecule has 15 heavy (non-hydrogen) atoms. The first-order chi connectivity index (χ1) is 7.11. The predicted molar refractivity (Wildman–Crippen MR) is 59.4 cm³/mol. The summed E-state index contributed by atoms with van der Waals surface area (Å²) in [5.74, 6) is 1.55. The molecule has 0 amide bonds. The van der Waals surface area contributed by atoms with Crippen LogP contribution in [0.1, 0.15) is 32.5 Å². The topological polar surface area (TPSA) is 55.6 Å². The van der Waals surface area contributed by atoms with Crippen LogP contribution in [-0.2, 0) is 13.5 Å². The summed E-state index contributed by atoms with van der Waals surface area (Å²) in [4.78, 5) is 1.51. The van der Waals surface area contributed by atoms with Crippen molar-refractivity contribution < 1.29 is 0 Å². The lowest BCUT2D eigenvalue weighted by Crippen LogP contribution is -2.27. The third-order valence-electron chi connectivity index (χ3n) is 2.43. The van der Waals surface area contributed by atoms with E-state index in [1.807, 2.05) is 7.05 Å². The van der Waals surface area contributed by atoms with Crippen molar-refractivity contribution in [3.8, 4) is 0 Å². The van der Waals surface area contributed by atoms with Gasteiger partial charge in [-0.25, -0.2) is 0 Å². The fourth-order valence-corrected chi connectivity index (χ4v) is 1.68. The first-order valence-corrected chi connectivity index (χ1v) is 5.52. The van der Waals surface area contributed by atoms with Gasteiger partial charge in [-0.3, -0.25) is 0 Å². The molecule has 0 fully saturated rings. The van der Waals surface area contributed by atoms with Crippen molar-refractivity contribution in [2.75, 3.05) is 7.05 Å². The van der Waals surface area contributed by atoms with Gasteiger partial charge >= 0.3 is 0 Å². The predicted octanol–water partition coefficient (Wildman–Crippen LogP) is 0.777. The van der Waals surface area contributed by atoms with Crippen LogP contribution in [0.3, 0.4) is 0 Å². The second-order valence-electron chi connectivity index (χ2n) is 4.35. The molecule has 0 spiro atoms. The van der Waals surface area contributed by atoms with Crippen molar-refractivity contribution in [2.45, 2.75) is 39.2 Å². The molecular weight excluding hydrogens is 190 g/mol. The molecule has 1 heterocycles. The average molecular weight is 211 g/mol. The van der Waals surface area contributed by atoms with Gasteiger partial charge in [0.1, 0.15) is 0 Å². The maximum absolute atomic E-state index is 4.16. The summed E-state index contributed by atoms with van der Waals surface area (Å²) in [6.45, 7) is 4.48. The van der Waals surface area contributed by atoms with Crippen LogP contribution in [0.4, 0.5) is 0 Å². The Balaban J connectivity index is 2.34. The largest absolute Gasteiger partial charge is 0.317 e. The first kappa shape index (κ1) is 12.1. The van der Waals surface area contributed by atoms with E-state index in [2.05, 4.69) is 34.6 Å². The second-order valence-corrected chi connectivity index (χ2v) is 4.35. The van der Waals surface area contributed by atoms with Crippen LogP contribution < -0.4 is 5.32 Å². The first-order valence-electron chi connectivity index (χ1n) is 5.52. The lowest BCUT2D eigenvalue weighted by atomic mass is 10.00. The molecule has 1 aromatic heterocycles. The van der Waals surface area contributed by atoms with Gasteiger partial charge in [-0.2, -0.15) is 4.80 Å². The summed E-state index contributed by atoms with van der Waals surface area (Å²) in [6, 6.07) is 0.550. The molecule has 1 rings (SSSR count). The zero-order valence-electron chi connectivity index (χ0n) is 10.1. The number of nitrogens with one attached hydrogen (secondary N) is 1. The van der Waals surface area contributed by atoms with E-state index in [-0.39, 0.29) is 0 Å². The van der Waals surface area contributed by atoms with Crippen molar-refractivity contribution in [2.24, 2.45) is 13.0 Å². The van der Waals surface area contributed by atoms with E-state index in [0.717, 1.165) is 24.6 Å². The molecule has 86 valence electrons. The van der Waals surface area contributed by atoms with Gasteiger partial charge in [0.05, 0.1) is 7.05 Å². The number of hydrogen-bond donors (Lipinski definition) is 1. The van der Waals surface area contributed by atoms with Crippen LogP contribution in [0.25, 0.3) is 0 Å². The Bertz CT molecular complexity index is 281. The minimum atomic E-state index is 0.550. The summed E-state index contributed by atoms with van der Waals surface area (Å²) in [7, 11) is 3.80. The minimum absolute atomic E-state index is 0.550. The molecule has 0 aliphatic rings. The van der Waals surface area contributed by atoms with E-state index < -0.39 is 0 Å². The molecule has 5 heteroatoms. The quantitative estimate of drug-likeness (QED) is 0.755. The molecule has 0 aliphatic heterocycles. The Morgan fingerprint density at radius 1 is 1.40 bits per heavy atom. The molecule has 1 N–H and O–H groups in total. The maximum Gasteiger partial charge on any atom is 0.174 e. The Morgan fingerprint density at radius 3 is 2.60 bits per heavy atom. The highest BCUT2D eigenvalue weighted by molar-refractivity contribution is 4.80. The van der Waals surface area contributed by atoms with Crippen LogP contribution in [0.15, 0.2) is 0 Å². The van der Waals surface area contributed by atoms with Crippen molar-refractivity contribution >= 4 is 0 Å². The molecule has 0 saturated heterocycles. The van der Waals surface area contributed by atoms with Gasteiger partial charge in [-0.1, -0.05) is 13.8 Å². The van der Waals surface area contributed by atoms with Crippen LogP contribution in [0.5, 0.6) is 0 Å². The van der Waals surface area contributed by atoms with Crippen molar-refractivity contribution in [3.63, 3.8) is 0 Å². The third kappa shape index (κ3) is 4.38. The van der Waals surface area contributed by atoms with Crippen LogP contribution in [-0.4, -0.2) is 33.3 Å². The maximum atomic E-state index is 4.16. The van der Waals surface area contributed by atoms with Gasteiger partial charge in [0.2, 0.25) is 0 Å². The molecule has 1 unspecified atom stereocenters. The van der Waals surface area contributed by atoms with Crippen LogP contribution in [0, 0.1) is 5.92 Å². The molecule has 1 atom stereocenters. The van der Waals surface area contributed by atoms with Gasteiger partial charge in [0.15, 0.2) is 5.82 Å². The summed E-state index contributed by atoms with van der Waals surface area (Å²) in [5.41, 5.74) is 0. The fraction of sp³-hybridized carbons (Fsp3) is 0.900. The average Bonchev–Trinajstić information content (AvgIpc) is 2.58. The van der Waals surface area contributed by atoms with E-state index >= 15 is 0 Å². The summed E-state index contributed by atoms with van der Waals surface area (Å²) >= 11 is 0. The summed E-state index contributed by atoms with van der Waals surface area (Å²) in [6.07, 6.45) is 3.16. The number of aromatic nitrogens is 4. The molecule has 1 aromatic rings. The second kappa shape index (κ2) is 5.80. The van der Waals surface area contributed by atoms with E-state index in [1.165, 1.54) is 11.2 Å². The molecular formula is C10H21N5. The summed E-state index contributed by atoms with van der Waals surface area (Å²) < 4.78 is 0. The SMILES string of the molecule is CNC(CCc1nnn(C)n1)CC(C)C. The molecule has 0 bridgehead atoms. The van der Waals surface area contributed by atoms with E-state index in [1.54, 1.807) is 7.05 Å². The van der Waals surface area contributed by atoms with Gasteiger partial charge in [-0.05, 0) is 31.0 Å². The smallest absolute Gasteiger partial charge is 0.174 e. The highest BCUT2D eigenvalue weighted by atomic mass is 15.6. The zero-order chi connectivity index (χ0) is 11.3. The fourth-order valence-electron chi connectivity index (χ4n) is 1.68. The zero-order valence-corrected chi connectivity index (χ0v) is 10.1. The van der Waals surface area contributed by atoms with E-state index in [9.17, 15) is 0 Å². The number of aryl methyl sites for hydroxylation is 2. The Kier molecular flexibility index (Phi) is 4.68. The third-order valence-corrected chi connectivity index (χ3v) is 2.43. The van der Waals surface area contributed by atoms with Crippen LogP contribution in [0.2, 0.25) is 0 Å². The number of rotatable bonds is 6. The van der Waals surface area contributed by atoms with Crippen molar-refractivity contribution in [3.05, 3.63) is 5.82 Å². The van der Waals surface area contributed by atoms with E-state index in [0.29, 0.717) is 6.04 Å².